The van der Waals surface area contributed by atoms with E-state index in [9.17, 15) is 0 Å². The van der Waals surface area contributed by atoms with Gasteiger partial charge in [-0.2, -0.15) is 0 Å². The maximum atomic E-state index is 6.99. The highest BCUT2D eigenvalue weighted by molar-refractivity contribution is 6.74. The molecule has 1 aliphatic carbocycles. The van der Waals surface area contributed by atoms with Crippen molar-refractivity contribution in [2.75, 3.05) is 6.61 Å². The summed E-state index contributed by atoms with van der Waals surface area (Å²) < 4.78 is 19.1. The molecular formula is C28H40O3Si2. The van der Waals surface area contributed by atoms with Crippen molar-refractivity contribution in [2.45, 2.75) is 83.4 Å². The Morgan fingerprint density at radius 1 is 1.00 bits per heavy atom. The zero-order valence-electron chi connectivity index (χ0n) is 21.7. The molecule has 0 N–H and O–H groups in total. The summed E-state index contributed by atoms with van der Waals surface area (Å²) in [7, 11) is -3.88. The van der Waals surface area contributed by atoms with Gasteiger partial charge in [0.25, 0.3) is 0 Å². The maximum Gasteiger partial charge on any atom is 0.241 e. The molecule has 0 spiro atoms. The van der Waals surface area contributed by atoms with Gasteiger partial charge in [-0.1, -0.05) is 62.7 Å². The third-order valence-electron chi connectivity index (χ3n) is 5.79. The standard InChI is InChI=1S/C28H40O3Si2/c1-27(2,3)33(7,8)31-28(23-17-15-21-26(28)30-32(4,5)6)22-16-10-9-11-18-24-29-25-19-13-12-14-20-25/h9-10,12-14,19-21H,15,17,23-24H2,1-8H3/b10-9-. The molecule has 0 saturated carbocycles. The van der Waals surface area contributed by atoms with E-state index in [4.69, 9.17) is 13.6 Å². The topological polar surface area (TPSA) is 27.7 Å². The lowest BCUT2D eigenvalue weighted by molar-refractivity contribution is 0.0864. The van der Waals surface area contributed by atoms with Crippen LogP contribution in [0.3, 0.4) is 0 Å². The molecule has 1 unspecified atom stereocenters. The summed E-state index contributed by atoms with van der Waals surface area (Å²) >= 11 is 0. The summed E-state index contributed by atoms with van der Waals surface area (Å²) in [5.41, 5.74) is -0.685. The van der Waals surface area contributed by atoms with Gasteiger partial charge in [0.05, 0.1) is 0 Å². The number of para-hydroxylation sites is 1. The van der Waals surface area contributed by atoms with E-state index in [0.29, 0.717) is 6.61 Å². The maximum absolute atomic E-state index is 6.99. The van der Waals surface area contributed by atoms with E-state index in [1.165, 1.54) is 0 Å². The van der Waals surface area contributed by atoms with Gasteiger partial charge in [0.2, 0.25) is 8.32 Å². The van der Waals surface area contributed by atoms with Gasteiger partial charge in [0, 0.05) is 0 Å². The first-order chi connectivity index (χ1) is 15.3. The lowest BCUT2D eigenvalue weighted by Gasteiger charge is -2.46. The minimum atomic E-state index is -2.08. The van der Waals surface area contributed by atoms with E-state index >= 15 is 0 Å². The summed E-state index contributed by atoms with van der Waals surface area (Å²) in [5, 5.41) is 0.0868. The summed E-state index contributed by atoms with van der Waals surface area (Å²) in [4.78, 5) is 0. The third kappa shape index (κ3) is 8.59. The Morgan fingerprint density at radius 2 is 1.67 bits per heavy atom. The smallest absolute Gasteiger partial charge is 0.241 e. The molecule has 1 aromatic carbocycles. The largest absolute Gasteiger partial charge is 0.545 e. The van der Waals surface area contributed by atoms with Crippen LogP contribution in [-0.4, -0.2) is 28.8 Å². The zero-order chi connectivity index (χ0) is 24.6. The van der Waals surface area contributed by atoms with E-state index in [0.717, 1.165) is 30.8 Å². The average molecular weight is 481 g/mol. The first-order valence-corrected chi connectivity index (χ1v) is 18.1. The van der Waals surface area contributed by atoms with Gasteiger partial charge < -0.3 is 13.6 Å². The lowest BCUT2D eigenvalue weighted by Crippen LogP contribution is -2.52. The van der Waals surface area contributed by atoms with E-state index in [1.807, 2.05) is 30.3 Å². The number of hydrogen-bond acceptors (Lipinski definition) is 3. The second-order valence-electron chi connectivity index (χ2n) is 10.9. The Balaban J connectivity index is 2.21. The fourth-order valence-corrected chi connectivity index (χ4v) is 5.48. The van der Waals surface area contributed by atoms with Crippen LogP contribution < -0.4 is 4.74 Å². The Labute approximate surface area is 203 Å². The van der Waals surface area contributed by atoms with Gasteiger partial charge >= 0.3 is 0 Å². The number of rotatable bonds is 6. The second-order valence-corrected chi connectivity index (χ2v) is 20.0. The van der Waals surface area contributed by atoms with Crippen LogP contribution in [0.5, 0.6) is 5.75 Å². The SMILES string of the molecule is CC(C)(C)[Si](C)(C)OC1(C#C/C=C\C#CCOc2ccccc2)CCCC=C1O[Si](C)(C)C. The monoisotopic (exact) mass is 480 g/mol. The van der Waals surface area contributed by atoms with Crippen molar-refractivity contribution in [3.05, 3.63) is 54.3 Å². The molecule has 1 atom stereocenters. The van der Waals surface area contributed by atoms with Gasteiger partial charge in [-0.15, -0.1) is 0 Å². The van der Waals surface area contributed by atoms with Crippen LogP contribution in [0.2, 0.25) is 37.8 Å². The normalized spacial score (nSPS) is 19.1. The fourth-order valence-electron chi connectivity index (χ4n) is 3.14. The fraction of sp³-hybridized carbons (Fsp3) is 0.500. The number of ether oxygens (including phenoxy) is 1. The highest BCUT2D eigenvalue weighted by Gasteiger charge is 2.48. The average Bonchev–Trinajstić information content (AvgIpc) is 2.70. The van der Waals surface area contributed by atoms with Gasteiger partial charge in [0.1, 0.15) is 18.1 Å². The number of allylic oxidation sites excluding steroid dienone is 3. The number of hydrogen-bond donors (Lipinski definition) is 0. The summed E-state index contributed by atoms with van der Waals surface area (Å²) in [6.07, 6.45) is 8.68. The molecule has 178 valence electrons. The van der Waals surface area contributed by atoms with Crippen LogP contribution >= 0.6 is 0 Å². The van der Waals surface area contributed by atoms with Crippen LogP contribution in [0.25, 0.3) is 0 Å². The second kappa shape index (κ2) is 11.3. The predicted molar refractivity (Wildman–Crippen MR) is 144 cm³/mol. The third-order valence-corrected chi connectivity index (χ3v) is 11.1. The van der Waals surface area contributed by atoms with Crippen molar-refractivity contribution in [2.24, 2.45) is 0 Å². The van der Waals surface area contributed by atoms with Crippen LogP contribution in [-0.2, 0) is 8.85 Å². The van der Waals surface area contributed by atoms with Crippen LogP contribution in [0.15, 0.2) is 54.3 Å². The Bertz CT molecular complexity index is 958. The molecule has 1 aliphatic rings. The summed E-state index contributed by atoms with van der Waals surface area (Å²) in [5.74, 6) is 14.4. The quantitative estimate of drug-likeness (QED) is 0.315. The first-order valence-electron chi connectivity index (χ1n) is 11.8. The van der Waals surface area contributed by atoms with Crippen molar-refractivity contribution in [1.29, 1.82) is 0 Å². The van der Waals surface area contributed by atoms with Crippen LogP contribution in [0.4, 0.5) is 0 Å². The van der Waals surface area contributed by atoms with Crippen molar-refractivity contribution in [3.8, 4) is 29.4 Å². The molecule has 0 heterocycles. The van der Waals surface area contributed by atoms with E-state index in [-0.39, 0.29) is 5.04 Å². The predicted octanol–water partition coefficient (Wildman–Crippen LogP) is 7.31. The van der Waals surface area contributed by atoms with Crippen LogP contribution in [0.1, 0.15) is 40.0 Å². The molecule has 1 aromatic rings. The highest BCUT2D eigenvalue weighted by atomic mass is 28.4. The summed E-state index contributed by atoms with van der Waals surface area (Å²) in [6, 6.07) is 9.69. The Kier molecular flexibility index (Phi) is 9.26. The van der Waals surface area contributed by atoms with Crippen molar-refractivity contribution < 1.29 is 13.6 Å². The minimum Gasteiger partial charge on any atom is -0.545 e. The number of benzene rings is 1. The molecule has 0 fully saturated rings. The molecule has 0 amide bonds. The molecule has 0 aromatic heterocycles. The highest BCUT2D eigenvalue weighted by Crippen LogP contribution is 2.44. The molecule has 0 bridgehead atoms. The van der Waals surface area contributed by atoms with E-state index in [2.05, 4.69) is 83.3 Å². The lowest BCUT2D eigenvalue weighted by atomic mass is 9.89. The van der Waals surface area contributed by atoms with Crippen LogP contribution in [0, 0.1) is 23.7 Å². The zero-order valence-corrected chi connectivity index (χ0v) is 23.7. The van der Waals surface area contributed by atoms with E-state index in [1.54, 1.807) is 12.2 Å². The van der Waals surface area contributed by atoms with Gasteiger partial charge in [-0.3, -0.25) is 0 Å². The van der Waals surface area contributed by atoms with Gasteiger partial charge in [-0.25, -0.2) is 0 Å². The molecule has 0 saturated heterocycles. The van der Waals surface area contributed by atoms with Gasteiger partial charge in [0.15, 0.2) is 13.9 Å². The molecule has 3 nitrogen and oxygen atoms in total. The molecule has 2 rings (SSSR count). The Morgan fingerprint density at radius 3 is 2.30 bits per heavy atom. The van der Waals surface area contributed by atoms with Crippen molar-refractivity contribution in [1.82, 2.24) is 0 Å². The van der Waals surface area contributed by atoms with Gasteiger partial charge in [-0.05, 0) is 87.4 Å². The molecule has 5 heteroatoms. The molecular weight excluding hydrogens is 440 g/mol. The molecule has 0 radical (unpaired) electrons. The van der Waals surface area contributed by atoms with Crippen molar-refractivity contribution in [3.63, 3.8) is 0 Å². The summed E-state index contributed by atoms with van der Waals surface area (Å²) in [6.45, 7) is 18.3. The first kappa shape index (κ1) is 27.1. The van der Waals surface area contributed by atoms with Crippen molar-refractivity contribution >= 4 is 16.6 Å². The minimum absolute atomic E-state index is 0.0868. The Hall–Kier alpha value is -2.19. The molecule has 33 heavy (non-hydrogen) atoms. The molecule has 0 aliphatic heterocycles. The van der Waals surface area contributed by atoms with E-state index < -0.39 is 22.2 Å².